The summed E-state index contributed by atoms with van der Waals surface area (Å²) in [5.41, 5.74) is 1.28. The molecule has 2 aliphatic rings. The van der Waals surface area contributed by atoms with Crippen molar-refractivity contribution in [2.75, 3.05) is 20.2 Å². The minimum Gasteiger partial charge on any atom is -0.481 e. The monoisotopic (exact) mass is 275 g/mol. The van der Waals surface area contributed by atoms with E-state index in [9.17, 15) is 0 Å². The average molecular weight is 275 g/mol. The van der Waals surface area contributed by atoms with E-state index in [1.165, 1.54) is 31.5 Å². The highest BCUT2D eigenvalue weighted by Crippen LogP contribution is 2.32. The molecular weight excluding hydrogens is 250 g/mol. The molecule has 0 radical (unpaired) electrons. The van der Waals surface area contributed by atoms with Crippen LogP contribution < -0.4 is 4.74 Å². The van der Waals surface area contributed by atoms with Gasteiger partial charge in [0.1, 0.15) is 0 Å². The van der Waals surface area contributed by atoms with Crippen molar-refractivity contribution in [2.45, 2.75) is 51.4 Å². The Morgan fingerprint density at radius 2 is 1.95 bits per heavy atom. The molecule has 4 heteroatoms. The topological polar surface area (TPSA) is 28.6 Å². The molecule has 2 saturated heterocycles. The second kappa shape index (κ2) is 5.70. The van der Waals surface area contributed by atoms with Crippen LogP contribution in [-0.4, -0.2) is 53.1 Å². The molecule has 0 aliphatic carbocycles. The van der Waals surface area contributed by atoms with E-state index in [0.717, 1.165) is 18.6 Å². The molecule has 2 unspecified atom stereocenters. The van der Waals surface area contributed by atoms with Crippen LogP contribution in [0.5, 0.6) is 5.88 Å². The van der Waals surface area contributed by atoms with Gasteiger partial charge in [-0.25, -0.2) is 4.98 Å². The van der Waals surface area contributed by atoms with Gasteiger partial charge in [0, 0.05) is 50.0 Å². The lowest BCUT2D eigenvalue weighted by atomic mass is 10.1. The highest BCUT2D eigenvalue weighted by molar-refractivity contribution is 5.18. The van der Waals surface area contributed by atoms with Crippen LogP contribution in [0.25, 0.3) is 0 Å². The van der Waals surface area contributed by atoms with E-state index >= 15 is 0 Å². The van der Waals surface area contributed by atoms with E-state index in [1.807, 2.05) is 12.3 Å². The number of piperazine rings is 1. The second-order valence-electron chi connectivity index (χ2n) is 6.33. The zero-order valence-corrected chi connectivity index (χ0v) is 12.7. The SMILES string of the molecule is COc1ccc(CN2CC3CCC(C2)N3C(C)C)cn1. The Morgan fingerprint density at radius 3 is 2.45 bits per heavy atom. The molecule has 0 aromatic carbocycles. The van der Waals surface area contributed by atoms with Crippen LogP contribution in [-0.2, 0) is 6.54 Å². The quantitative estimate of drug-likeness (QED) is 0.842. The first kappa shape index (κ1) is 13.8. The highest BCUT2D eigenvalue weighted by Gasteiger charge is 2.40. The number of aromatic nitrogens is 1. The van der Waals surface area contributed by atoms with Crippen LogP contribution in [0.2, 0.25) is 0 Å². The summed E-state index contributed by atoms with van der Waals surface area (Å²) in [6.07, 6.45) is 4.66. The molecule has 0 saturated carbocycles. The van der Waals surface area contributed by atoms with Gasteiger partial charge in [-0.2, -0.15) is 0 Å². The van der Waals surface area contributed by atoms with Crippen molar-refractivity contribution in [1.82, 2.24) is 14.8 Å². The smallest absolute Gasteiger partial charge is 0.212 e. The first-order chi connectivity index (χ1) is 9.67. The van der Waals surface area contributed by atoms with Gasteiger partial charge in [-0.1, -0.05) is 6.07 Å². The number of hydrogen-bond donors (Lipinski definition) is 0. The van der Waals surface area contributed by atoms with Gasteiger partial charge in [-0.15, -0.1) is 0 Å². The van der Waals surface area contributed by atoms with E-state index in [4.69, 9.17) is 4.74 Å². The molecule has 3 rings (SSSR count). The maximum Gasteiger partial charge on any atom is 0.212 e. The number of ether oxygens (including phenoxy) is 1. The predicted molar refractivity (Wildman–Crippen MR) is 79.9 cm³/mol. The Morgan fingerprint density at radius 1 is 1.25 bits per heavy atom. The predicted octanol–water partition coefficient (Wildman–Crippen LogP) is 2.15. The summed E-state index contributed by atoms with van der Waals surface area (Å²) in [4.78, 5) is 9.61. The molecule has 110 valence electrons. The van der Waals surface area contributed by atoms with Gasteiger partial charge in [-0.3, -0.25) is 9.80 Å². The average Bonchev–Trinajstić information content (AvgIpc) is 2.72. The van der Waals surface area contributed by atoms with Crippen molar-refractivity contribution in [3.63, 3.8) is 0 Å². The first-order valence-electron chi connectivity index (χ1n) is 7.66. The lowest BCUT2D eigenvalue weighted by Crippen LogP contribution is -2.55. The van der Waals surface area contributed by atoms with Gasteiger partial charge < -0.3 is 4.74 Å². The van der Waals surface area contributed by atoms with Crippen molar-refractivity contribution >= 4 is 0 Å². The van der Waals surface area contributed by atoms with Gasteiger partial charge in [0.25, 0.3) is 0 Å². The summed E-state index contributed by atoms with van der Waals surface area (Å²) >= 11 is 0. The summed E-state index contributed by atoms with van der Waals surface area (Å²) in [6.45, 7) is 8.06. The number of fused-ring (bicyclic) bond motifs is 2. The fourth-order valence-corrected chi connectivity index (χ4v) is 3.88. The third-order valence-corrected chi connectivity index (χ3v) is 4.62. The van der Waals surface area contributed by atoms with Crippen molar-refractivity contribution in [3.05, 3.63) is 23.9 Å². The molecule has 20 heavy (non-hydrogen) atoms. The molecule has 2 bridgehead atoms. The first-order valence-corrected chi connectivity index (χ1v) is 7.66. The van der Waals surface area contributed by atoms with E-state index in [0.29, 0.717) is 11.9 Å². The maximum atomic E-state index is 5.11. The summed E-state index contributed by atoms with van der Waals surface area (Å²) in [5.74, 6) is 0.693. The van der Waals surface area contributed by atoms with Crippen LogP contribution >= 0.6 is 0 Å². The number of pyridine rings is 1. The van der Waals surface area contributed by atoms with Crippen molar-refractivity contribution in [2.24, 2.45) is 0 Å². The fourth-order valence-electron chi connectivity index (χ4n) is 3.88. The molecule has 0 N–H and O–H groups in total. The molecule has 2 aliphatic heterocycles. The Kier molecular flexibility index (Phi) is 3.94. The lowest BCUT2D eigenvalue weighted by Gasteiger charge is -2.43. The zero-order valence-electron chi connectivity index (χ0n) is 12.7. The highest BCUT2D eigenvalue weighted by atomic mass is 16.5. The zero-order chi connectivity index (χ0) is 14.1. The van der Waals surface area contributed by atoms with Crippen molar-refractivity contribution < 1.29 is 4.74 Å². The Labute approximate surface area is 121 Å². The van der Waals surface area contributed by atoms with Crippen molar-refractivity contribution in [3.8, 4) is 5.88 Å². The largest absolute Gasteiger partial charge is 0.481 e. The molecule has 2 fully saturated rings. The van der Waals surface area contributed by atoms with Gasteiger partial charge in [0.2, 0.25) is 5.88 Å². The standard InChI is InChI=1S/C16H25N3O/c1-12(2)19-14-5-6-15(19)11-18(10-14)9-13-4-7-16(20-3)17-8-13/h4,7-8,12,14-15H,5-6,9-11H2,1-3H3. The lowest BCUT2D eigenvalue weighted by molar-refractivity contribution is 0.0400. The number of likely N-dealkylation sites (tertiary alicyclic amines) is 1. The third-order valence-electron chi connectivity index (χ3n) is 4.62. The number of nitrogens with zero attached hydrogens (tertiary/aromatic N) is 3. The summed E-state index contributed by atoms with van der Waals surface area (Å²) < 4.78 is 5.11. The number of methoxy groups -OCH3 is 1. The molecular formula is C16H25N3O. The summed E-state index contributed by atoms with van der Waals surface area (Å²) in [5, 5.41) is 0. The van der Waals surface area contributed by atoms with Gasteiger partial charge in [0.05, 0.1) is 7.11 Å². The Hall–Kier alpha value is -1.13. The molecule has 1 aromatic rings. The summed E-state index contributed by atoms with van der Waals surface area (Å²) in [7, 11) is 1.66. The van der Waals surface area contributed by atoms with Gasteiger partial charge in [0.15, 0.2) is 0 Å². The molecule has 0 spiro atoms. The van der Waals surface area contributed by atoms with Crippen LogP contribution in [0, 0.1) is 0 Å². The minimum atomic E-state index is 0.678. The summed E-state index contributed by atoms with van der Waals surface area (Å²) in [6, 6.07) is 6.26. The van der Waals surface area contributed by atoms with Crippen LogP contribution in [0.15, 0.2) is 18.3 Å². The molecule has 2 atom stereocenters. The molecule has 4 nitrogen and oxygen atoms in total. The van der Waals surface area contributed by atoms with Gasteiger partial charge in [-0.05, 0) is 32.3 Å². The van der Waals surface area contributed by atoms with E-state index < -0.39 is 0 Å². The van der Waals surface area contributed by atoms with Crippen LogP contribution in [0.4, 0.5) is 0 Å². The van der Waals surface area contributed by atoms with Crippen LogP contribution in [0.3, 0.4) is 0 Å². The van der Waals surface area contributed by atoms with Crippen molar-refractivity contribution in [1.29, 1.82) is 0 Å². The van der Waals surface area contributed by atoms with E-state index in [2.05, 4.69) is 34.7 Å². The molecule has 0 amide bonds. The number of rotatable bonds is 4. The second-order valence-corrected chi connectivity index (χ2v) is 6.33. The fraction of sp³-hybridized carbons (Fsp3) is 0.688. The third kappa shape index (κ3) is 2.67. The number of hydrogen-bond acceptors (Lipinski definition) is 4. The normalized spacial score (nSPS) is 27.2. The van der Waals surface area contributed by atoms with Crippen LogP contribution in [0.1, 0.15) is 32.3 Å². The van der Waals surface area contributed by atoms with E-state index in [1.54, 1.807) is 7.11 Å². The Bertz CT molecular complexity index is 432. The van der Waals surface area contributed by atoms with E-state index in [-0.39, 0.29) is 0 Å². The molecule has 1 aromatic heterocycles. The molecule has 3 heterocycles. The Balaban J connectivity index is 1.63. The van der Waals surface area contributed by atoms with Gasteiger partial charge >= 0.3 is 0 Å². The minimum absolute atomic E-state index is 0.678. The maximum absolute atomic E-state index is 5.11.